The number of likely N-dealkylation sites (N-methyl/N-ethyl adjacent to an activating group) is 1. The van der Waals surface area contributed by atoms with Crippen LogP contribution in [-0.2, 0) is 6.42 Å². The molecule has 2 unspecified atom stereocenters. The molecule has 0 saturated carbocycles. The molecule has 0 spiro atoms. The van der Waals surface area contributed by atoms with Crippen LogP contribution >= 0.6 is 15.9 Å². The summed E-state index contributed by atoms with van der Waals surface area (Å²) in [4.78, 5) is 0. The second-order valence-corrected chi connectivity index (χ2v) is 5.48. The van der Waals surface area contributed by atoms with E-state index >= 15 is 0 Å². The molecule has 0 amide bonds. The van der Waals surface area contributed by atoms with Crippen molar-refractivity contribution in [3.05, 3.63) is 34.3 Å². The van der Waals surface area contributed by atoms with Crippen molar-refractivity contribution in [1.82, 2.24) is 5.32 Å². The fourth-order valence-electron chi connectivity index (χ4n) is 1.90. The van der Waals surface area contributed by atoms with Crippen molar-refractivity contribution >= 4 is 15.9 Å². The van der Waals surface area contributed by atoms with E-state index in [1.165, 1.54) is 22.9 Å². The molecule has 1 N–H and O–H groups in total. The molecule has 0 aliphatic heterocycles. The normalized spacial score (nSPS) is 14.8. The smallest absolute Gasteiger partial charge is 0.0178 e. The summed E-state index contributed by atoms with van der Waals surface area (Å²) in [5, 5.41) is 3.42. The third kappa shape index (κ3) is 4.67. The molecule has 1 nitrogen and oxygen atoms in total. The van der Waals surface area contributed by atoms with Gasteiger partial charge in [0.2, 0.25) is 0 Å². The summed E-state index contributed by atoms with van der Waals surface area (Å²) in [5.74, 6) is 0.796. The Hall–Kier alpha value is -0.340. The lowest BCUT2D eigenvalue weighted by molar-refractivity contribution is 0.410. The zero-order valence-electron chi connectivity index (χ0n) is 10.5. The Kier molecular flexibility index (Phi) is 6.07. The summed E-state index contributed by atoms with van der Waals surface area (Å²) in [6.45, 7) is 4.59. The molecule has 0 radical (unpaired) electrons. The van der Waals surface area contributed by atoms with Crippen LogP contribution in [0, 0.1) is 5.92 Å². The molecule has 0 bridgehead atoms. The lowest BCUT2D eigenvalue weighted by Gasteiger charge is -2.19. The zero-order chi connectivity index (χ0) is 12.0. The molecule has 16 heavy (non-hydrogen) atoms. The monoisotopic (exact) mass is 283 g/mol. The number of hydrogen-bond acceptors (Lipinski definition) is 1. The largest absolute Gasteiger partial charge is 0.317 e. The molecule has 1 aromatic rings. The summed E-state index contributed by atoms with van der Waals surface area (Å²) in [7, 11) is 2.06. The minimum absolute atomic E-state index is 0.587. The van der Waals surface area contributed by atoms with E-state index in [4.69, 9.17) is 0 Å². The first-order valence-corrected chi connectivity index (χ1v) is 6.86. The Balaban J connectivity index is 2.56. The van der Waals surface area contributed by atoms with Crippen LogP contribution < -0.4 is 5.32 Å². The Morgan fingerprint density at radius 3 is 2.69 bits per heavy atom. The Bertz CT molecular complexity index is 311. The predicted octanol–water partition coefficient (Wildman–Crippen LogP) is 4.02. The summed E-state index contributed by atoms with van der Waals surface area (Å²) in [5.41, 5.74) is 1.40. The van der Waals surface area contributed by atoms with Crippen molar-refractivity contribution in [3.63, 3.8) is 0 Å². The van der Waals surface area contributed by atoms with Gasteiger partial charge < -0.3 is 5.32 Å². The van der Waals surface area contributed by atoms with E-state index in [0.717, 1.165) is 12.3 Å². The van der Waals surface area contributed by atoms with E-state index in [0.29, 0.717) is 6.04 Å². The second kappa shape index (κ2) is 7.08. The van der Waals surface area contributed by atoms with E-state index in [9.17, 15) is 0 Å². The maximum Gasteiger partial charge on any atom is 0.0178 e. The molecular formula is C14H22BrN. The maximum absolute atomic E-state index is 3.52. The van der Waals surface area contributed by atoms with Crippen LogP contribution in [0.4, 0.5) is 0 Å². The first kappa shape index (κ1) is 13.7. The van der Waals surface area contributed by atoms with Crippen molar-refractivity contribution < 1.29 is 0 Å². The molecule has 0 heterocycles. The minimum atomic E-state index is 0.587. The summed E-state index contributed by atoms with van der Waals surface area (Å²) < 4.78 is 1.17. The summed E-state index contributed by atoms with van der Waals surface area (Å²) >= 11 is 3.52. The number of benzene rings is 1. The molecule has 0 saturated heterocycles. The van der Waals surface area contributed by atoms with Gasteiger partial charge in [0.25, 0.3) is 0 Å². The SMILES string of the molecule is CCC(C)CC(Cc1cccc(Br)c1)NC. The Morgan fingerprint density at radius 1 is 1.38 bits per heavy atom. The van der Waals surface area contributed by atoms with Gasteiger partial charge in [-0.3, -0.25) is 0 Å². The maximum atomic E-state index is 3.52. The molecule has 90 valence electrons. The quantitative estimate of drug-likeness (QED) is 0.832. The highest BCUT2D eigenvalue weighted by Crippen LogP contribution is 2.16. The third-order valence-electron chi connectivity index (χ3n) is 3.16. The zero-order valence-corrected chi connectivity index (χ0v) is 12.0. The van der Waals surface area contributed by atoms with Gasteiger partial charge >= 0.3 is 0 Å². The first-order valence-electron chi connectivity index (χ1n) is 6.07. The summed E-state index contributed by atoms with van der Waals surface area (Å²) in [6, 6.07) is 9.18. The Labute approximate surface area is 108 Å². The fourth-order valence-corrected chi connectivity index (χ4v) is 2.35. The molecule has 2 atom stereocenters. The van der Waals surface area contributed by atoms with Crippen molar-refractivity contribution in [3.8, 4) is 0 Å². The fraction of sp³-hybridized carbons (Fsp3) is 0.571. The van der Waals surface area contributed by atoms with Gasteiger partial charge in [0.15, 0.2) is 0 Å². The van der Waals surface area contributed by atoms with Crippen LogP contribution in [0.2, 0.25) is 0 Å². The first-order chi connectivity index (χ1) is 7.65. The molecule has 1 aromatic carbocycles. The van der Waals surface area contributed by atoms with Gasteiger partial charge in [-0.15, -0.1) is 0 Å². The highest BCUT2D eigenvalue weighted by Gasteiger charge is 2.11. The predicted molar refractivity (Wildman–Crippen MR) is 74.8 cm³/mol. The van der Waals surface area contributed by atoms with Crippen molar-refractivity contribution in [1.29, 1.82) is 0 Å². The van der Waals surface area contributed by atoms with Crippen molar-refractivity contribution in [2.45, 2.75) is 39.2 Å². The van der Waals surface area contributed by atoms with Gasteiger partial charge in [0, 0.05) is 10.5 Å². The number of rotatable bonds is 6. The highest BCUT2D eigenvalue weighted by molar-refractivity contribution is 9.10. The molecule has 0 aliphatic rings. The van der Waals surface area contributed by atoms with E-state index in [2.05, 4.69) is 66.4 Å². The van der Waals surface area contributed by atoms with Gasteiger partial charge in [-0.25, -0.2) is 0 Å². The van der Waals surface area contributed by atoms with Gasteiger partial charge in [0.05, 0.1) is 0 Å². The van der Waals surface area contributed by atoms with Gasteiger partial charge in [0.1, 0.15) is 0 Å². The van der Waals surface area contributed by atoms with Gasteiger partial charge in [-0.05, 0) is 43.5 Å². The standard InChI is InChI=1S/C14H22BrN/c1-4-11(2)8-14(16-3)10-12-6-5-7-13(15)9-12/h5-7,9,11,14,16H,4,8,10H2,1-3H3. The lowest BCUT2D eigenvalue weighted by Crippen LogP contribution is -2.29. The molecule has 0 fully saturated rings. The summed E-state index contributed by atoms with van der Waals surface area (Å²) in [6.07, 6.45) is 3.62. The average molecular weight is 284 g/mol. The second-order valence-electron chi connectivity index (χ2n) is 4.57. The van der Waals surface area contributed by atoms with Crippen LogP contribution in [0.3, 0.4) is 0 Å². The molecule has 0 aliphatic carbocycles. The number of nitrogens with one attached hydrogen (secondary N) is 1. The minimum Gasteiger partial charge on any atom is -0.317 e. The van der Waals surface area contributed by atoms with E-state index in [1.54, 1.807) is 0 Å². The van der Waals surface area contributed by atoms with Crippen LogP contribution in [0.1, 0.15) is 32.3 Å². The van der Waals surface area contributed by atoms with E-state index in [-0.39, 0.29) is 0 Å². The van der Waals surface area contributed by atoms with Gasteiger partial charge in [-0.2, -0.15) is 0 Å². The number of hydrogen-bond donors (Lipinski definition) is 1. The Morgan fingerprint density at radius 2 is 2.12 bits per heavy atom. The van der Waals surface area contributed by atoms with Crippen molar-refractivity contribution in [2.75, 3.05) is 7.05 Å². The van der Waals surface area contributed by atoms with Crippen molar-refractivity contribution in [2.24, 2.45) is 5.92 Å². The van der Waals surface area contributed by atoms with E-state index < -0.39 is 0 Å². The molecule has 0 aromatic heterocycles. The topological polar surface area (TPSA) is 12.0 Å². The molecular weight excluding hydrogens is 262 g/mol. The third-order valence-corrected chi connectivity index (χ3v) is 3.66. The van der Waals surface area contributed by atoms with Crippen LogP contribution in [0.5, 0.6) is 0 Å². The van der Waals surface area contributed by atoms with Crippen LogP contribution in [0.25, 0.3) is 0 Å². The number of halogens is 1. The van der Waals surface area contributed by atoms with Gasteiger partial charge in [-0.1, -0.05) is 48.3 Å². The highest BCUT2D eigenvalue weighted by atomic mass is 79.9. The van der Waals surface area contributed by atoms with Crippen LogP contribution in [0.15, 0.2) is 28.7 Å². The molecule has 2 heteroatoms. The van der Waals surface area contributed by atoms with E-state index in [1.807, 2.05) is 0 Å². The average Bonchev–Trinajstić information content (AvgIpc) is 2.28. The lowest BCUT2D eigenvalue weighted by atomic mass is 9.95. The van der Waals surface area contributed by atoms with Crippen LogP contribution in [-0.4, -0.2) is 13.1 Å². The molecule has 1 rings (SSSR count).